The molecule has 2 fully saturated rings. The molecule has 1 nitrogen and oxygen atoms in total. The van der Waals surface area contributed by atoms with Crippen LogP contribution in [0.2, 0.25) is 0 Å². The van der Waals surface area contributed by atoms with Gasteiger partial charge in [-0.15, -0.1) is 29.3 Å². The Hall–Kier alpha value is -0.240. The highest BCUT2D eigenvalue weighted by Crippen LogP contribution is 2.61. The Kier molecular flexibility index (Phi) is 3.48. The molecule has 0 amide bonds. The molecule has 88 valence electrons. The van der Waals surface area contributed by atoms with Gasteiger partial charge in [0.15, 0.2) is 0 Å². The van der Waals surface area contributed by atoms with Gasteiger partial charge in [0.2, 0.25) is 0 Å². The molecule has 1 saturated heterocycles. The summed E-state index contributed by atoms with van der Waals surface area (Å²) in [5.74, 6) is 4.15. The van der Waals surface area contributed by atoms with Crippen LogP contribution in [0.25, 0.3) is 0 Å². The van der Waals surface area contributed by atoms with Crippen molar-refractivity contribution in [2.45, 2.75) is 24.3 Å². The van der Waals surface area contributed by atoms with Gasteiger partial charge < -0.3 is 4.74 Å². The monoisotopic (exact) mass is 254 g/mol. The summed E-state index contributed by atoms with van der Waals surface area (Å²) in [6.07, 6.45) is 1.09. The van der Waals surface area contributed by atoms with Crippen molar-refractivity contribution in [2.75, 3.05) is 18.6 Å². The summed E-state index contributed by atoms with van der Waals surface area (Å²) < 4.78 is 5.59. The van der Waals surface area contributed by atoms with Crippen molar-refractivity contribution in [1.29, 1.82) is 0 Å². The van der Waals surface area contributed by atoms with Crippen molar-refractivity contribution in [2.24, 2.45) is 5.92 Å². The molecule has 3 heteroatoms. The zero-order valence-corrected chi connectivity index (χ0v) is 11.8. The molecule has 1 aliphatic heterocycles. The van der Waals surface area contributed by atoms with Crippen LogP contribution in [0.1, 0.15) is 20.3 Å². The lowest BCUT2D eigenvalue weighted by atomic mass is 10.1. The van der Waals surface area contributed by atoms with Gasteiger partial charge >= 0.3 is 0 Å². The zero-order chi connectivity index (χ0) is 11.8. The van der Waals surface area contributed by atoms with Crippen molar-refractivity contribution in [3.63, 3.8) is 0 Å². The van der Waals surface area contributed by atoms with E-state index in [0.29, 0.717) is 5.92 Å². The number of thioether (sulfide) groups is 2. The van der Waals surface area contributed by atoms with Gasteiger partial charge in [-0.2, -0.15) is 0 Å². The summed E-state index contributed by atoms with van der Waals surface area (Å²) in [7, 11) is 1.74. The van der Waals surface area contributed by atoms with Crippen molar-refractivity contribution in [3.05, 3.63) is 29.2 Å². The topological polar surface area (TPSA) is 9.23 Å². The minimum atomic E-state index is 0.205. The van der Waals surface area contributed by atoms with Gasteiger partial charge in [0, 0.05) is 22.7 Å². The summed E-state index contributed by atoms with van der Waals surface area (Å²) in [5.41, 5.74) is 5.79. The van der Waals surface area contributed by atoms with Gasteiger partial charge in [-0.05, 0) is 19.3 Å². The molecule has 0 aromatic heterocycles. The first-order valence-electron chi connectivity index (χ1n) is 5.58. The van der Waals surface area contributed by atoms with E-state index in [1.807, 2.05) is 6.92 Å². The Morgan fingerprint density at radius 1 is 1.50 bits per heavy atom. The SMILES string of the molecule is C=C=C1/C(=C(/C)OC)CC(C)C12SCCS2. The first-order chi connectivity index (χ1) is 7.65. The van der Waals surface area contributed by atoms with E-state index in [1.165, 1.54) is 22.7 Å². The van der Waals surface area contributed by atoms with Crippen molar-refractivity contribution in [1.82, 2.24) is 0 Å². The third-order valence-corrected chi connectivity index (χ3v) is 7.29. The van der Waals surface area contributed by atoms with Crippen LogP contribution in [0.3, 0.4) is 0 Å². The summed E-state index contributed by atoms with van der Waals surface area (Å²) in [6, 6.07) is 0. The first-order valence-corrected chi connectivity index (χ1v) is 7.55. The summed E-state index contributed by atoms with van der Waals surface area (Å²) in [4.78, 5) is 0. The molecule has 0 aromatic rings. The van der Waals surface area contributed by atoms with Crippen LogP contribution in [0, 0.1) is 5.92 Å². The number of allylic oxidation sites excluding steroid dienone is 2. The zero-order valence-electron chi connectivity index (χ0n) is 10.1. The third-order valence-electron chi connectivity index (χ3n) is 3.43. The van der Waals surface area contributed by atoms with Crippen LogP contribution < -0.4 is 0 Å². The van der Waals surface area contributed by atoms with E-state index in [2.05, 4.69) is 42.8 Å². The molecule has 1 aliphatic carbocycles. The maximum absolute atomic E-state index is 5.39. The van der Waals surface area contributed by atoms with Crippen LogP contribution in [-0.4, -0.2) is 22.7 Å². The first kappa shape index (κ1) is 12.2. The van der Waals surface area contributed by atoms with E-state index in [-0.39, 0.29) is 4.08 Å². The quantitative estimate of drug-likeness (QED) is 0.520. The highest BCUT2D eigenvalue weighted by Gasteiger charge is 2.50. The molecular formula is C13H18OS2. The molecule has 1 unspecified atom stereocenters. The Bertz CT molecular complexity index is 371. The van der Waals surface area contributed by atoms with Gasteiger partial charge in [0.1, 0.15) is 0 Å². The van der Waals surface area contributed by atoms with E-state index < -0.39 is 0 Å². The molecule has 0 aromatic carbocycles. The van der Waals surface area contributed by atoms with Gasteiger partial charge in [-0.25, -0.2) is 0 Å². The fraction of sp³-hybridized carbons (Fsp3) is 0.615. The molecule has 0 N–H and O–H groups in total. The molecule has 0 bridgehead atoms. The molecule has 1 saturated carbocycles. The standard InChI is InChI=1S/C13H18OS2/c1-5-12-11(10(3)14-4)8-9(2)13(12)15-6-7-16-13/h9H,1,6-8H2,2-4H3/b11-10-. The van der Waals surface area contributed by atoms with Crippen LogP contribution in [-0.2, 0) is 4.74 Å². The summed E-state index contributed by atoms with van der Waals surface area (Å²) in [5, 5.41) is 0. The predicted octanol–water partition coefficient (Wildman–Crippen LogP) is 3.83. The molecule has 1 atom stereocenters. The van der Waals surface area contributed by atoms with Crippen LogP contribution >= 0.6 is 23.5 Å². The minimum Gasteiger partial charge on any atom is -0.501 e. The van der Waals surface area contributed by atoms with Crippen LogP contribution in [0.4, 0.5) is 0 Å². The second-order valence-corrected chi connectivity index (χ2v) is 7.20. The molecular weight excluding hydrogens is 236 g/mol. The largest absolute Gasteiger partial charge is 0.501 e. The maximum atomic E-state index is 5.39. The maximum Gasteiger partial charge on any atom is 0.0966 e. The average molecular weight is 254 g/mol. The van der Waals surface area contributed by atoms with Crippen molar-refractivity contribution >= 4 is 23.5 Å². The fourth-order valence-corrected chi connectivity index (χ4v) is 6.05. The lowest BCUT2D eigenvalue weighted by Crippen LogP contribution is -2.22. The third kappa shape index (κ3) is 1.66. The number of ether oxygens (including phenoxy) is 1. The molecule has 1 heterocycles. The van der Waals surface area contributed by atoms with Crippen LogP contribution in [0.5, 0.6) is 0 Å². The molecule has 0 radical (unpaired) electrons. The second kappa shape index (κ2) is 4.56. The highest BCUT2D eigenvalue weighted by molar-refractivity contribution is 8.21. The van der Waals surface area contributed by atoms with E-state index in [1.54, 1.807) is 7.11 Å². The molecule has 2 rings (SSSR count). The Balaban J connectivity index is 2.48. The predicted molar refractivity (Wildman–Crippen MR) is 73.8 cm³/mol. The number of hydrogen-bond donors (Lipinski definition) is 0. The Morgan fingerprint density at radius 3 is 2.62 bits per heavy atom. The fourth-order valence-electron chi connectivity index (χ4n) is 2.53. The van der Waals surface area contributed by atoms with Gasteiger partial charge in [0.05, 0.1) is 16.9 Å². The second-order valence-electron chi connectivity index (χ2n) is 4.26. The lowest BCUT2D eigenvalue weighted by molar-refractivity contribution is 0.288. The number of methoxy groups -OCH3 is 1. The van der Waals surface area contributed by atoms with Gasteiger partial charge in [-0.3, -0.25) is 0 Å². The lowest BCUT2D eigenvalue weighted by Gasteiger charge is -2.26. The van der Waals surface area contributed by atoms with E-state index >= 15 is 0 Å². The summed E-state index contributed by atoms with van der Waals surface area (Å²) in [6.45, 7) is 8.26. The van der Waals surface area contributed by atoms with Gasteiger partial charge in [-0.1, -0.05) is 13.5 Å². The average Bonchev–Trinajstić information content (AvgIpc) is 2.87. The Morgan fingerprint density at radius 2 is 2.12 bits per heavy atom. The van der Waals surface area contributed by atoms with Crippen molar-refractivity contribution in [3.8, 4) is 0 Å². The number of hydrogen-bond acceptors (Lipinski definition) is 3. The van der Waals surface area contributed by atoms with E-state index in [4.69, 9.17) is 4.74 Å². The molecule has 1 spiro atoms. The Labute approximate surface area is 106 Å². The van der Waals surface area contributed by atoms with Crippen molar-refractivity contribution < 1.29 is 4.74 Å². The molecule has 2 aliphatic rings. The summed E-state index contributed by atoms with van der Waals surface area (Å²) >= 11 is 4.12. The van der Waals surface area contributed by atoms with Crippen LogP contribution in [0.15, 0.2) is 29.2 Å². The van der Waals surface area contributed by atoms with E-state index in [0.717, 1.165) is 12.2 Å². The minimum absolute atomic E-state index is 0.205. The van der Waals surface area contributed by atoms with E-state index in [9.17, 15) is 0 Å². The number of rotatable bonds is 1. The highest BCUT2D eigenvalue weighted by atomic mass is 32.2. The normalized spacial score (nSPS) is 30.7. The smallest absolute Gasteiger partial charge is 0.0966 e. The molecule has 16 heavy (non-hydrogen) atoms. The van der Waals surface area contributed by atoms with Gasteiger partial charge in [0.25, 0.3) is 0 Å².